The van der Waals surface area contributed by atoms with Crippen LogP contribution in [0.4, 0.5) is 0 Å². The molecule has 64 valence electrons. The molecule has 0 spiro atoms. The van der Waals surface area contributed by atoms with Crippen LogP contribution in [-0.2, 0) is 9.84 Å². The maximum absolute atomic E-state index is 10.6. The van der Waals surface area contributed by atoms with E-state index in [2.05, 4.69) is 0 Å². The van der Waals surface area contributed by atoms with Crippen LogP contribution in [-0.4, -0.2) is 20.7 Å². The van der Waals surface area contributed by atoms with Gasteiger partial charge in [0.05, 0.1) is 0 Å². The summed E-state index contributed by atoms with van der Waals surface area (Å²) < 4.78 is 21.3. The van der Waals surface area contributed by atoms with Crippen molar-refractivity contribution in [2.75, 3.05) is 6.26 Å². The number of rotatable bonds is 3. The second kappa shape index (κ2) is 2.95. The number of nitrogens with two attached hydrogens (primary N) is 1. The molecule has 3 nitrogen and oxygen atoms in total. The van der Waals surface area contributed by atoms with Gasteiger partial charge in [-0.3, -0.25) is 0 Å². The Morgan fingerprint density at radius 1 is 1.55 bits per heavy atom. The molecule has 11 heavy (non-hydrogen) atoms. The summed E-state index contributed by atoms with van der Waals surface area (Å²) in [5.74, 6) is 0.521. The Hall–Kier alpha value is -0.350. The molecular formula is C7H13NO2S. The molecule has 0 unspecified atom stereocenters. The molecule has 0 aliphatic heterocycles. The molecule has 0 aromatic heterocycles. The van der Waals surface area contributed by atoms with Crippen LogP contribution in [0.3, 0.4) is 0 Å². The van der Waals surface area contributed by atoms with E-state index in [1.54, 1.807) is 6.08 Å². The van der Waals surface area contributed by atoms with Crippen molar-refractivity contribution in [1.82, 2.24) is 0 Å². The standard InChI is InChI=1S/C7H13NO2S/c1-11(9,10)5-4-7(8)6-2-3-6/h4-7H,2-3,8H2,1H3/b5-4+/t7-/m1/s1. The molecule has 0 saturated heterocycles. The first kappa shape index (κ1) is 8.74. The SMILES string of the molecule is CS(=O)(=O)/C=C/[C@@H](N)C1CC1. The molecule has 1 fully saturated rings. The fraction of sp³-hybridized carbons (Fsp3) is 0.714. The van der Waals surface area contributed by atoms with Crippen molar-refractivity contribution in [2.45, 2.75) is 18.9 Å². The van der Waals surface area contributed by atoms with Crippen molar-refractivity contribution in [3.63, 3.8) is 0 Å². The van der Waals surface area contributed by atoms with Crippen molar-refractivity contribution >= 4 is 9.84 Å². The Kier molecular flexibility index (Phi) is 2.34. The summed E-state index contributed by atoms with van der Waals surface area (Å²) >= 11 is 0. The van der Waals surface area contributed by atoms with Crippen molar-refractivity contribution in [1.29, 1.82) is 0 Å². The highest BCUT2D eigenvalue weighted by atomic mass is 32.2. The monoisotopic (exact) mass is 175 g/mol. The van der Waals surface area contributed by atoms with Gasteiger partial charge in [0.2, 0.25) is 0 Å². The summed E-state index contributed by atoms with van der Waals surface area (Å²) in [6, 6.07) is -0.0651. The van der Waals surface area contributed by atoms with Crippen molar-refractivity contribution in [3.05, 3.63) is 11.5 Å². The maximum atomic E-state index is 10.6. The molecule has 0 aromatic carbocycles. The first-order chi connectivity index (χ1) is 4.99. The smallest absolute Gasteiger partial charge is 0.168 e. The molecule has 1 atom stereocenters. The van der Waals surface area contributed by atoms with E-state index in [4.69, 9.17) is 5.73 Å². The highest BCUT2D eigenvalue weighted by Crippen LogP contribution is 2.31. The third-order valence-corrected chi connectivity index (χ3v) is 2.37. The minimum Gasteiger partial charge on any atom is -0.324 e. The van der Waals surface area contributed by atoms with Gasteiger partial charge in [-0.25, -0.2) is 8.42 Å². The van der Waals surface area contributed by atoms with Crippen LogP contribution < -0.4 is 5.73 Å². The van der Waals surface area contributed by atoms with Crippen LogP contribution in [0.1, 0.15) is 12.8 Å². The normalized spacial score (nSPS) is 22.4. The Morgan fingerprint density at radius 3 is 2.45 bits per heavy atom. The van der Waals surface area contributed by atoms with Gasteiger partial charge in [0.1, 0.15) is 0 Å². The topological polar surface area (TPSA) is 60.2 Å². The molecule has 0 aromatic rings. The maximum Gasteiger partial charge on any atom is 0.168 e. The van der Waals surface area contributed by atoms with Gasteiger partial charge >= 0.3 is 0 Å². The first-order valence-corrected chi connectivity index (χ1v) is 5.58. The lowest BCUT2D eigenvalue weighted by atomic mass is 10.2. The Balaban J connectivity index is 2.45. The molecule has 2 N–H and O–H groups in total. The second-order valence-corrected chi connectivity index (χ2v) is 5.00. The predicted octanol–water partition coefficient (Wildman–Crippen LogP) is 0.282. The highest BCUT2D eigenvalue weighted by molar-refractivity contribution is 7.93. The summed E-state index contributed by atoms with van der Waals surface area (Å²) in [7, 11) is -2.99. The average molecular weight is 175 g/mol. The van der Waals surface area contributed by atoms with E-state index in [0.717, 1.165) is 12.8 Å². The van der Waals surface area contributed by atoms with Gasteiger partial charge in [0.15, 0.2) is 9.84 Å². The molecule has 0 heterocycles. The van der Waals surface area contributed by atoms with Gasteiger partial charge in [0.25, 0.3) is 0 Å². The van der Waals surface area contributed by atoms with Gasteiger partial charge in [-0.2, -0.15) is 0 Å². The van der Waals surface area contributed by atoms with E-state index in [0.29, 0.717) is 5.92 Å². The average Bonchev–Trinajstić information content (AvgIpc) is 2.61. The van der Waals surface area contributed by atoms with E-state index in [1.165, 1.54) is 11.7 Å². The second-order valence-electron chi connectivity index (χ2n) is 3.07. The molecule has 1 rings (SSSR count). The van der Waals surface area contributed by atoms with Crippen molar-refractivity contribution in [3.8, 4) is 0 Å². The molecule has 0 amide bonds. The van der Waals surface area contributed by atoms with Gasteiger partial charge in [-0.15, -0.1) is 0 Å². The summed E-state index contributed by atoms with van der Waals surface area (Å²) in [6.45, 7) is 0. The Bertz CT molecular complexity index is 252. The minimum atomic E-state index is -2.99. The van der Waals surface area contributed by atoms with E-state index in [1.807, 2.05) is 0 Å². The largest absolute Gasteiger partial charge is 0.324 e. The third-order valence-electron chi connectivity index (χ3n) is 1.71. The fourth-order valence-corrected chi connectivity index (χ4v) is 1.34. The van der Waals surface area contributed by atoms with E-state index < -0.39 is 9.84 Å². The van der Waals surface area contributed by atoms with Crippen LogP contribution in [0, 0.1) is 5.92 Å². The highest BCUT2D eigenvalue weighted by Gasteiger charge is 2.26. The van der Waals surface area contributed by atoms with E-state index >= 15 is 0 Å². The molecule has 4 heteroatoms. The number of hydrogen-bond donors (Lipinski definition) is 1. The Labute approximate surface area is 67.2 Å². The quantitative estimate of drug-likeness (QED) is 0.670. The van der Waals surface area contributed by atoms with Gasteiger partial charge in [0, 0.05) is 17.7 Å². The molecule has 1 aliphatic rings. The summed E-state index contributed by atoms with van der Waals surface area (Å²) in [4.78, 5) is 0. The zero-order valence-electron chi connectivity index (χ0n) is 6.53. The summed E-state index contributed by atoms with van der Waals surface area (Å²) in [5.41, 5.74) is 5.63. The Morgan fingerprint density at radius 2 is 2.09 bits per heavy atom. The fourth-order valence-electron chi connectivity index (χ4n) is 0.872. The first-order valence-electron chi connectivity index (χ1n) is 3.63. The predicted molar refractivity (Wildman–Crippen MR) is 44.7 cm³/mol. The van der Waals surface area contributed by atoms with Crippen LogP contribution >= 0.6 is 0 Å². The lowest BCUT2D eigenvalue weighted by Crippen LogP contribution is -2.19. The molecule has 1 aliphatic carbocycles. The molecule has 0 bridgehead atoms. The van der Waals surface area contributed by atoms with Crippen LogP contribution in [0.25, 0.3) is 0 Å². The molecule has 1 saturated carbocycles. The van der Waals surface area contributed by atoms with Gasteiger partial charge in [-0.1, -0.05) is 6.08 Å². The van der Waals surface area contributed by atoms with Gasteiger partial charge < -0.3 is 5.73 Å². The minimum absolute atomic E-state index is 0.0651. The van der Waals surface area contributed by atoms with Crippen LogP contribution in [0.15, 0.2) is 11.5 Å². The van der Waals surface area contributed by atoms with Crippen molar-refractivity contribution in [2.24, 2.45) is 11.7 Å². The van der Waals surface area contributed by atoms with Crippen LogP contribution in [0.5, 0.6) is 0 Å². The van der Waals surface area contributed by atoms with Crippen LogP contribution in [0.2, 0.25) is 0 Å². The van der Waals surface area contributed by atoms with E-state index in [-0.39, 0.29) is 6.04 Å². The third kappa shape index (κ3) is 3.53. The van der Waals surface area contributed by atoms with Gasteiger partial charge in [-0.05, 0) is 18.8 Å². The molecule has 0 radical (unpaired) electrons. The summed E-state index contributed by atoms with van der Waals surface area (Å²) in [6.07, 6.45) is 5.01. The zero-order chi connectivity index (χ0) is 8.48. The van der Waals surface area contributed by atoms with Crippen molar-refractivity contribution < 1.29 is 8.42 Å². The summed E-state index contributed by atoms with van der Waals surface area (Å²) in [5, 5.41) is 1.19. The number of sulfone groups is 1. The lowest BCUT2D eigenvalue weighted by Gasteiger charge is -2.00. The zero-order valence-corrected chi connectivity index (χ0v) is 7.34. The lowest BCUT2D eigenvalue weighted by molar-refractivity contribution is 0.609. The molecular weight excluding hydrogens is 162 g/mol. The number of hydrogen-bond acceptors (Lipinski definition) is 3. The van der Waals surface area contributed by atoms with E-state index in [9.17, 15) is 8.42 Å².